The molecule has 0 amide bonds. The van der Waals surface area contributed by atoms with Gasteiger partial charge in [-0.15, -0.1) is 0 Å². The molecule has 106 valence electrons. The van der Waals surface area contributed by atoms with Crippen molar-refractivity contribution in [1.82, 2.24) is 5.43 Å². The lowest BCUT2D eigenvalue weighted by molar-refractivity contribution is 0.0986. The third-order valence-electron chi connectivity index (χ3n) is 3.58. The fourth-order valence-corrected chi connectivity index (χ4v) is 2.41. The van der Waals surface area contributed by atoms with Gasteiger partial charge in [-0.2, -0.15) is 0 Å². The molecule has 1 aromatic carbocycles. The molecule has 0 bridgehead atoms. The molecular weight excluding hydrogens is 240 g/mol. The van der Waals surface area contributed by atoms with Crippen LogP contribution in [0.25, 0.3) is 0 Å². The number of nitrogens with two attached hydrogens (primary N) is 1. The van der Waals surface area contributed by atoms with E-state index in [4.69, 9.17) is 15.3 Å². The smallest absolute Gasteiger partial charge is 0.119 e. The highest BCUT2D eigenvalue weighted by atomic mass is 16.5. The molecule has 1 aromatic rings. The van der Waals surface area contributed by atoms with Gasteiger partial charge in [-0.3, -0.25) is 11.3 Å². The molecule has 3 N–H and O–H groups in total. The number of hydrogen-bond acceptors (Lipinski definition) is 4. The molecule has 2 unspecified atom stereocenters. The zero-order chi connectivity index (χ0) is 13.3. The van der Waals surface area contributed by atoms with Crippen molar-refractivity contribution in [2.75, 3.05) is 13.2 Å². The largest absolute Gasteiger partial charge is 0.494 e. The fraction of sp³-hybridized carbons (Fsp3) is 0.600. The summed E-state index contributed by atoms with van der Waals surface area (Å²) in [5.74, 6) is 6.50. The van der Waals surface area contributed by atoms with Crippen molar-refractivity contribution in [2.24, 2.45) is 5.84 Å². The number of hydrazine groups is 1. The van der Waals surface area contributed by atoms with Crippen LogP contribution in [-0.2, 0) is 4.74 Å². The molecule has 0 radical (unpaired) electrons. The van der Waals surface area contributed by atoms with Crippen LogP contribution in [0.1, 0.15) is 32.1 Å². The first-order valence-corrected chi connectivity index (χ1v) is 7.14. The summed E-state index contributed by atoms with van der Waals surface area (Å²) in [7, 11) is 0. The van der Waals surface area contributed by atoms with Gasteiger partial charge < -0.3 is 9.47 Å². The summed E-state index contributed by atoms with van der Waals surface area (Å²) < 4.78 is 11.3. The SMILES string of the molecule is NNC(CCOc1ccccc1)CCC1CCCO1. The van der Waals surface area contributed by atoms with E-state index in [1.165, 1.54) is 12.8 Å². The van der Waals surface area contributed by atoms with E-state index in [0.29, 0.717) is 18.8 Å². The molecule has 0 aliphatic carbocycles. The van der Waals surface area contributed by atoms with Gasteiger partial charge in [0.05, 0.1) is 12.7 Å². The highest BCUT2D eigenvalue weighted by molar-refractivity contribution is 5.20. The summed E-state index contributed by atoms with van der Waals surface area (Å²) in [6.07, 6.45) is 5.86. The van der Waals surface area contributed by atoms with Crippen LogP contribution in [0, 0.1) is 0 Å². The number of nitrogens with one attached hydrogen (secondary N) is 1. The average Bonchev–Trinajstić information content (AvgIpc) is 2.97. The van der Waals surface area contributed by atoms with E-state index in [1.807, 2.05) is 30.3 Å². The van der Waals surface area contributed by atoms with Crippen molar-refractivity contribution in [3.8, 4) is 5.75 Å². The average molecular weight is 264 g/mol. The molecule has 1 aliphatic rings. The summed E-state index contributed by atoms with van der Waals surface area (Å²) in [6.45, 7) is 1.60. The molecule has 0 saturated carbocycles. The van der Waals surface area contributed by atoms with E-state index < -0.39 is 0 Å². The predicted molar refractivity (Wildman–Crippen MR) is 75.9 cm³/mol. The Balaban J connectivity index is 1.61. The van der Waals surface area contributed by atoms with Crippen LogP contribution in [0.3, 0.4) is 0 Å². The third-order valence-corrected chi connectivity index (χ3v) is 3.58. The Morgan fingerprint density at radius 3 is 2.84 bits per heavy atom. The standard InChI is InChI=1S/C15H24N2O2/c16-17-13(8-9-15-7-4-11-18-15)10-12-19-14-5-2-1-3-6-14/h1-3,5-6,13,15,17H,4,7-12,16H2. The van der Waals surface area contributed by atoms with Crippen LogP contribution in [0.15, 0.2) is 30.3 Å². The molecule has 0 aromatic heterocycles. The van der Waals surface area contributed by atoms with E-state index in [9.17, 15) is 0 Å². The maximum atomic E-state index is 5.68. The van der Waals surface area contributed by atoms with Crippen molar-refractivity contribution >= 4 is 0 Å². The van der Waals surface area contributed by atoms with Gasteiger partial charge in [-0.1, -0.05) is 18.2 Å². The minimum Gasteiger partial charge on any atom is -0.494 e. The van der Waals surface area contributed by atoms with Gasteiger partial charge in [0.2, 0.25) is 0 Å². The molecule has 0 spiro atoms. The van der Waals surface area contributed by atoms with Crippen LogP contribution in [0.4, 0.5) is 0 Å². The van der Waals surface area contributed by atoms with Crippen molar-refractivity contribution in [2.45, 2.75) is 44.2 Å². The van der Waals surface area contributed by atoms with Gasteiger partial charge in [0, 0.05) is 12.6 Å². The van der Waals surface area contributed by atoms with E-state index in [2.05, 4.69) is 5.43 Å². The van der Waals surface area contributed by atoms with E-state index in [-0.39, 0.29) is 0 Å². The highest BCUT2D eigenvalue weighted by Gasteiger charge is 2.17. The van der Waals surface area contributed by atoms with Gasteiger partial charge >= 0.3 is 0 Å². The van der Waals surface area contributed by atoms with Crippen molar-refractivity contribution < 1.29 is 9.47 Å². The summed E-state index contributed by atoms with van der Waals surface area (Å²) in [5.41, 5.74) is 2.88. The van der Waals surface area contributed by atoms with Crippen LogP contribution in [-0.4, -0.2) is 25.4 Å². The quantitative estimate of drug-likeness (QED) is 0.558. The maximum absolute atomic E-state index is 5.68. The van der Waals surface area contributed by atoms with E-state index in [0.717, 1.165) is 31.6 Å². The van der Waals surface area contributed by atoms with Crippen LogP contribution >= 0.6 is 0 Å². The number of benzene rings is 1. The third kappa shape index (κ3) is 5.19. The lowest BCUT2D eigenvalue weighted by atomic mass is 10.0. The molecule has 1 fully saturated rings. The molecule has 4 nitrogen and oxygen atoms in total. The Morgan fingerprint density at radius 1 is 1.32 bits per heavy atom. The van der Waals surface area contributed by atoms with Gasteiger partial charge in [0.15, 0.2) is 0 Å². The zero-order valence-electron chi connectivity index (χ0n) is 11.4. The molecular formula is C15H24N2O2. The number of hydrogen-bond donors (Lipinski definition) is 2. The summed E-state index contributed by atoms with van der Waals surface area (Å²) in [4.78, 5) is 0. The normalized spacial score (nSPS) is 20.4. The molecule has 2 rings (SSSR count). The summed E-state index contributed by atoms with van der Waals surface area (Å²) in [5, 5.41) is 0. The van der Waals surface area contributed by atoms with Crippen LogP contribution in [0.2, 0.25) is 0 Å². The Kier molecular flexibility index (Phi) is 6.14. The topological polar surface area (TPSA) is 56.5 Å². The first-order valence-electron chi connectivity index (χ1n) is 7.14. The number of ether oxygens (including phenoxy) is 2. The molecule has 2 atom stereocenters. The second-order valence-corrected chi connectivity index (χ2v) is 5.03. The molecule has 4 heteroatoms. The molecule has 1 saturated heterocycles. The molecule has 1 aliphatic heterocycles. The van der Waals surface area contributed by atoms with E-state index >= 15 is 0 Å². The fourth-order valence-electron chi connectivity index (χ4n) is 2.41. The van der Waals surface area contributed by atoms with Gasteiger partial charge in [0.25, 0.3) is 0 Å². The summed E-state index contributed by atoms with van der Waals surface area (Å²) in [6, 6.07) is 10.2. The van der Waals surface area contributed by atoms with Crippen molar-refractivity contribution in [3.63, 3.8) is 0 Å². The van der Waals surface area contributed by atoms with Gasteiger partial charge in [-0.25, -0.2) is 0 Å². The Morgan fingerprint density at radius 2 is 2.16 bits per heavy atom. The minimum absolute atomic E-state index is 0.299. The Hall–Kier alpha value is -1.10. The van der Waals surface area contributed by atoms with Crippen LogP contribution < -0.4 is 16.0 Å². The lowest BCUT2D eigenvalue weighted by Crippen LogP contribution is -2.36. The van der Waals surface area contributed by atoms with Crippen molar-refractivity contribution in [1.29, 1.82) is 0 Å². The summed E-state index contributed by atoms with van der Waals surface area (Å²) >= 11 is 0. The monoisotopic (exact) mass is 264 g/mol. The predicted octanol–water partition coefficient (Wildman–Crippen LogP) is 2.25. The molecule has 1 heterocycles. The first kappa shape index (κ1) is 14.3. The van der Waals surface area contributed by atoms with Gasteiger partial charge in [0.1, 0.15) is 5.75 Å². The zero-order valence-corrected chi connectivity index (χ0v) is 11.4. The Bertz CT molecular complexity index is 339. The maximum Gasteiger partial charge on any atom is 0.119 e. The highest BCUT2D eigenvalue weighted by Crippen LogP contribution is 2.18. The van der Waals surface area contributed by atoms with Crippen molar-refractivity contribution in [3.05, 3.63) is 30.3 Å². The van der Waals surface area contributed by atoms with E-state index in [1.54, 1.807) is 0 Å². The minimum atomic E-state index is 0.299. The number of rotatable bonds is 8. The first-order chi connectivity index (χ1) is 9.38. The molecule has 19 heavy (non-hydrogen) atoms. The second kappa shape index (κ2) is 8.15. The Labute approximate surface area is 115 Å². The lowest BCUT2D eigenvalue weighted by Gasteiger charge is -2.18. The van der Waals surface area contributed by atoms with Crippen LogP contribution in [0.5, 0.6) is 5.75 Å². The van der Waals surface area contributed by atoms with Gasteiger partial charge in [-0.05, 0) is 44.2 Å². The second-order valence-electron chi connectivity index (χ2n) is 5.03. The number of para-hydroxylation sites is 1.